The number of rotatable bonds is 6. The minimum absolute atomic E-state index is 0.0606. The second kappa shape index (κ2) is 8.43. The lowest BCUT2D eigenvalue weighted by molar-refractivity contribution is -0.129. The fourth-order valence-electron chi connectivity index (χ4n) is 2.72. The first-order chi connectivity index (χ1) is 10.7. The molecule has 0 aliphatic carbocycles. The number of hydrogen-bond donors (Lipinski definition) is 3. The molecular formula is C15H23N3O4. The molecular weight excluding hydrogens is 286 g/mol. The van der Waals surface area contributed by atoms with Gasteiger partial charge in [0.05, 0.1) is 12.8 Å². The van der Waals surface area contributed by atoms with E-state index >= 15 is 0 Å². The van der Waals surface area contributed by atoms with E-state index in [-0.39, 0.29) is 11.9 Å². The Morgan fingerprint density at radius 2 is 2.14 bits per heavy atom. The van der Waals surface area contributed by atoms with Gasteiger partial charge in [0, 0.05) is 19.5 Å². The van der Waals surface area contributed by atoms with Crippen molar-refractivity contribution < 1.29 is 19.2 Å². The Balaban J connectivity index is 1.61. The van der Waals surface area contributed by atoms with E-state index in [1.54, 1.807) is 17.8 Å². The third-order valence-electron chi connectivity index (χ3n) is 4.04. The van der Waals surface area contributed by atoms with Gasteiger partial charge in [-0.2, -0.15) is 0 Å². The number of nitrogens with one attached hydrogen (secondary N) is 2. The van der Waals surface area contributed by atoms with Gasteiger partial charge in [-0.3, -0.25) is 10.0 Å². The van der Waals surface area contributed by atoms with Gasteiger partial charge in [0.1, 0.15) is 5.76 Å². The summed E-state index contributed by atoms with van der Waals surface area (Å²) >= 11 is 0. The van der Waals surface area contributed by atoms with Crippen LogP contribution in [0.1, 0.15) is 37.9 Å². The van der Waals surface area contributed by atoms with Crippen molar-refractivity contribution in [1.29, 1.82) is 0 Å². The number of urea groups is 1. The Morgan fingerprint density at radius 3 is 2.77 bits per heavy atom. The second-order valence-corrected chi connectivity index (χ2v) is 5.60. The van der Waals surface area contributed by atoms with E-state index in [0.29, 0.717) is 18.9 Å². The lowest BCUT2D eigenvalue weighted by atomic mass is 9.91. The second-order valence-electron chi connectivity index (χ2n) is 5.60. The molecule has 0 atom stereocenters. The number of carbonyl (C=O) groups excluding carboxylic acids is 2. The molecule has 7 heteroatoms. The first-order valence-electron chi connectivity index (χ1n) is 7.67. The Hall–Kier alpha value is -2.02. The molecule has 3 N–H and O–H groups in total. The number of nitrogens with zero attached hydrogens (tertiary/aromatic N) is 1. The van der Waals surface area contributed by atoms with Gasteiger partial charge in [-0.1, -0.05) is 0 Å². The summed E-state index contributed by atoms with van der Waals surface area (Å²) in [5.41, 5.74) is 1.64. The molecule has 7 nitrogen and oxygen atoms in total. The Kier molecular flexibility index (Phi) is 6.27. The predicted octanol–water partition coefficient (Wildman–Crippen LogP) is 1.88. The molecule has 2 heterocycles. The molecule has 1 aromatic heterocycles. The van der Waals surface area contributed by atoms with Crippen LogP contribution in [0.3, 0.4) is 0 Å². The van der Waals surface area contributed by atoms with Crippen molar-refractivity contribution in [3.05, 3.63) is 24.2 Å². The first-order valence-corrected chi connectivity index (χ1v) is 7.67. The Bertz CT molecular complexity index is 467. The molecule has 0 spiro atoms. The molecule has 0 aromatic carbocycles. The molecule has 1 aromatic rings. The Morgan fingerprint density at radius 1 is 1.36 bits per heavy atom. The van der Waals surface area contributed by atoms with Gasteiger partial charge in [0.15, 0.2) is 0 Å². The minimum atomic E-state index is -0.338. The van der Waals surface area contributed by atoms with Crippen LogP contribution in [0.25, 0.3) is 0 Å². The van der Waals surface area contributed by atoms with Gasteiger partial charge < -0.3 is 14.6 Å². The number of piperidine rings is 1. The quantitative estimate of drug-likeness (QED) is 0.552. The maximum absolute atomic E-state index is 12.0. The normalized spacial score (nSPS) is 15.6. The van der Waals surface area contributed by atoms with E-state index < -0.39 is 0 Å². The first kappa shape index (κ1) is 16.4. The third-order valence-corrected chi connectivity index (χ3v) is 4.04. The lowest BCUT2D eigenvalue weighted by Crippen LogP contribution is -2.44. The van der Waals surface area contributed by atoms with E-state index in [0.717, 1.165) is 44.5 Å². The van der Waals surface area contributed by atoms with Crippen LogP contribution in [0, 0.1) is 5.92 Å². The van der Waals surface area contributed by atoms with Crippen molar-refractivity contribution in [2.75, 3.05) is 13.1 Å². The molecule has 122 valence electrons. The van der Waals surface area contributed by atoms with Crippen LogP contribution in [0.2, 0.25) is 0 Å². The van der Waals surface area contributed by atoms with Crippen LogP contribution >= 0.6 is 0 Å². The van der Waals surface area contributed by atoms with Gasteiger partial charge in [0.25, 0.3) is 0 Å². The highest BCUT2D eigenvalue weighted by Gasteiger charge is 2.22. The fourth-order valence-corrected chi connectivity index (χ4v) is 2.72. The predicted molar refractivity (Wildman–Crippen MR) is 79.0 cm³/mol. The highest BCUT2D eigenvalue weighted by atomic mass is 16.5. The van der Waals surface area contributed by atoms with Crippen LogP contribution in [-0.4, -0.2) is 35.1 Å². The number of hydroxylamine groups is 1. The molecule has 1 aliphatic heterocycles. The average Bonchev–Trinajstić information content (AvgIpc) is 3.06. The maximum Gasteiger partial charge on any atom is 0.317 e. The molecule has 0 bridgehead atoms. The van der Waals surface area contributed by atoms with Crippen molar-refractivity contribution in [2.45, 2.75) is 38.6 Å². The van der Waals surface area contributed by atoms with Gasteiger partial charge in [-0.15, -0.1) is 0 Å². The summed E-state index contributed by atoms with van der Waals surface area (Å²) in [6.45, 7) is 1.88. The summed E-state index contributed by atoms with van der Waals surface area (Å²) in [5, 5.41) is 11.3. The van der Waals surface area contributed by atoms with E-state index in [9.17, 15) is 9.59 Å². The minimum Gasteiger partial charge on any atom is -0.467 e. The molecule has 0 unspecified atom stereocenters. The van der Waals surface area contributed by atoms with E-state index in [2.05, 4.69) is 5.32 Å². The van der Waals surface area contributed by atoms with Crippen LogP contribution < -0.4 is 10.8 Å². The number of likely N-dealkylation sites (tertiary alicyclic amines) is 1. The van der Waals surface area contributed by atoms with Crippen LogP contribution in [0.4, 0.5) is 4.79 Å². The highest BCUT2D eigenvalue weighted by Crippen LogP contribution is 2.22. The smallest absolute Gasteiger partial charge is 0.317 e. The zero-order valence-corrected chi connectivity index (χ0v) is 12.6. The van der Waals surface area contributed by atoms with Crippen molar-refractivity contribution in [3.8, 4) is 0 Å². The van der Waals surface area contributed by atoms with Gasteiger partial charge in [-0.05, 0) is 43.7 Å². The summed E-state index contributed by atoms with van der Waals surface area (Å²) in [7, 11) is 0. The lowest BCUT2D eigenvalue weighted by Gasteiger charge is -2.32. The topological polar surface area (TPSA) is 94.8 Å². The highest BCUT2D eigenvalue weighted by molar-refractivity contribution is 5.74. The number of carbonyl (C=O) groups is 2. The number of hydrogen-bond acceptors (Lipinski definition) is 4. The molecule has 3 amide bonds. The molecule has 1 saturated heterocycles. The summed E-state index contributed by atoms with van der Waals surface area (Å²) in [6, 6.07) is 3.56. The monoisotopic (exact) mass is 309 g/mol. The molecule has 1 aliphatic rings. The molecule has 2 rings (SSSR count). The van der Waals surface area contributed by atoms with E-state index in [4.69, 9.17) is 9.62 Å². The molecule has 0 radical (unpaired) electrons. The standard InChI is InChI=1S/C15H23N3O4/c19-14(17-21)5-1-3-12-6-8-18(9-7-12)15(20)16-11-13-4-2-10-22-13/h2,4,10,12,21H,1,3,5-9,11H2,(H,16,20)(H,17,19). The van der Waals surface area contributed by atoms with Crippen LogP contribution in [0.5, 0.6) is 0 Å². The SMILES string of the molecule is O=C(CCCC1CCN(C(=O)NCc2ccco2)CC1)NO. The van der Waals surface area contributed by atoms with Crippen LogP contribution in [0.15, 0.2) is 22.8 Å². The average molecular weight is 309 g/mol. The maximum atomic E-state index is 12.0. The summed E-state index contributed by atoms with van der Waals surface area (Å²) < 4.78 is 5.18. The summed E-state index contributed by atoms with van der Waals surface area (Å²) in [6.07, 6.45) is 5.56. The van der Waals surface area contributed by atoms with Crippen molar-refractivity contribution >= 4 is 11.9 Å². The van der Waals surface area contributed by atoms with Gasteiger partial charge >= 0.3 is 6.03 Å². The van der Waals surface area contributed by atoms with Gasteiger partial charge in [0.2, 0.25) is 5.91 Å². The van der Waals surface area contributed by atoms with E-state index in [1.165, 1.54) is 0 Å². The largest absolute Gasteiger partial charge is 0.467 e. The number of furan rings is 1. The van der Waals surface area contributed by atoms with Crippen molar-refractivity contribution in [1.82, 2.24) is 15.7 Å². The fraction of sp³-hybridized carbons (Fsp3) is 0.600. The Labute approximate surface area is 129 Å². The summed E-state index contributed by atoms with van der Waals surface area (Å²) in [5.74, 6) is 0.945. The van der Waals surface area contributed by atoms with Crippen molar-refractivity contribution in [3.63, 3.8) is 0 Å². The molecule has 1 fully saturated rings. The van der Waals surface area contributed by atoms with Crippen molar-refractivity contribution in [2.24, 2.45) is 5.92 Å². The summed E-state index contributed by atoms with van der Waals surface area (Å²) in [4.78, 5) is 24.8. The van der Waals surface area contributed by atoms with Crippen LogP contribution in [-0.2, 0) is 11.3 Å². The molecule has 0 saturated carbocycles. The van der Waals surface area contributed by atoms with E-state index in [1.807, 2.05) is 11.0 Å². The third kappa shape index (κ3) is 5.07. The molecule has 22 heavy (non-hydrogen) atoms. The zero-order valence-electron chi connectivity index (χ0n) is 12.6. The number of amides is 3. The zero-order chi connectivity index (χ0) is 15.8. The van der Waals surface area contributed by atoms with Gasteiger partial charge in [-0.25, -0.2) is 10.3 Å².